The van der Waals surface area contributed by atoms with Crippen LogP contribution in [0, 0.1) is 5.92 Å². The summed E-state index contributed by atoms with van der Waals surface area (Å²) in [7, 11) is 0. The van der Waals surface area contributed by atoms with Crippen molar-refractivity contribution in [2.24, 2.45) is 5.92 Å². The van der Waals surface area contributed by atoms with Gasteiger partial charge in [-0.3, -0.25) is 19.2 Å². The third kappa shape index (κ3) is 8.92. The van der Waals surface area contributed by atoms with Crippen molar-refractivity contribution in [3.05, 3.63) is 108 Å². The molecule has 1 aliphatic carbocycles. The molecule has 0 spiro atoms. The normalized spacial score (nSPS) is 18.9. The lowest BCUT2D eigenvalue weighted by Gasteiger charge is -2.28. The van der Waals surface area contributed by atoms with Crippen LogP contribution in [0.3, 0.4) is 0 Å². The van der Waals surface area contributed by atoms with Crippen LogP contribution in [0.15, 0.2) is 97.1 Å². The maximum absolute atomic E-state index is 14.0. The van der Waals surface area contributed by atoms with Gasteiger partial charge in [-0.2, -0.15) is 0 Å². The average molecular weight is 842 g/mol. The fourth-order valence-electron chi connectivity index (χ4n) is 9.58. The van der Waals surface area contributed by atoms with Gasteiger partial charge in [0.2, 0.25) is 11.8 Å². The highest BCUT2D eigenvalue weighted by atomic mass is 16.4. The van der Waals surface area contributed by atoms with Gasteiger partial charge in [-0.15, -0.1) is 0 Å². The molecule has 4 aromatic carbocycles. The Morgan fingerprint density at radius 1 is 0.548 bits per heavy atom. The van der Waals surface area contributed by atoms with Crippen LogP contribution in [0.4, 0.5) is 21.0 Å². The second kappa shape index (κ2) is 18.4. The number of rotatable bonds is 12. The highest BCUT2D eigenvalue weighted by molar-refractivity contribution is 6.11. The standard InChI is InChI=1S/C47H51N7O8/c55-42(36-18-10-24-52(36)44(57)40(50-46(59)60)30-14-6-2-7-15-30)48-32-20-22-34-35-23-21-33(27-39(35)54(38(34)26-32)28-29-12-4-1-5-13-29)49-43(56)37-19-11-25-53(37)45(58)41(51-47(61)62)31-16-8-3-9-17-31/h2-3,6-9,14-17,20-23,26-27,29,36-37,40-41,50-51H,1,4-5,10-13,18-19,24-25,28H2,(H,48,55)(H,49,56)(H,59,60)(H,61,62)/t36-,37-,40?,41?/m0/s1. The first-order chi connectivity index (χ1) is 30.0. The number of nitrogens with one attached hydrogen (secondary N) is 4. The van der Waals surface area contributed by atoms with Gasteiger partial charge in [0, 0.05) is 41.8 Å². The van der Waals surface area contributed by atoms with Gasteiger partial charge in [-0.05, 0) is 79.8 Å². The molecule has 6 N–H and O–H groups in total. The van der Waals surface area contributed by atoms with Crippen molar-refractivity contribution >= 4 is 69.0 Å². The second-order valence-electron chi connectivity index (χ2n) is 16.5. The zero-order chi connectivity index (χ0) is 43.3. The Kier molecular flexibility index (Phi) is 12.4. The zero-order valence-corrected chi connectivity index (χ0v) is 34.3. The molecular formula is C47H51N7O8. The van der Waals surface area contributed by atoms with Crippen molar-refractivity contribution in [2.45, 2.75) is 88.5 Å². The van der Waals surface area contributed by atoms with E-state index in [4.69, 9.17) is 0 Å². The molecule has 0 radical (unpaired) electrons. The quantitative estimate of drug-likeness (QED) is 0.0754. The van der Waals surface area contributed by atoms with E-state index < -0.39 is 48.2 Å². The third-order valence-electron chi connectivity index (χ3n) is 12.5. The van der Waals surface area contributed by atoms with E-state index in [1.807, 2.05) is 36.4 Å². The summed E-state index contributed by atoms with van der Waals surface area (Å²) < 4.78 is 2.26. The van der Waals surface area contributed by atoms with E-state index in [9.17, 15) is 39.0 Å². The van der Waals surface area contributed by atoms with E-state index in [0.29, 0.717) is 67.2 Å². The fraction of sp³-hybridized carbons (Fsp3) is 0.362. The Morgan fingerprint density at radius 3 is 1.40 bits per heavy atom. The number of likely N-dealkylation sites (tertiary alicyclic amines) is 2. The first-order valence-electron chi connectivity index (χ1n) is 21.4. The Labute approximate surface area is 358 Å². The lowest BCUT2D eigenvalue weighted by atomic mass is 9.89. The van der Waals surface area contributed by atoms with Crippen molar-refractivity contribution in [2.75, 3.05) is 23.7 Å². The maximum atomic E-state index is 14.0. The van der Waals surface area contributed by atoms with Crippen LogP contribution in [0.1, 0.15) is 81.0 Å². The molecule has 5 aromatic rings. The molecule has 2 aliphatic heterocycles. The van der Waals surface area contributed by atoms with Crippen molar-refractivity contribution in [1.82, 2.24) is 25.0 Å². The molecular weight excluding hydrogens is 791 g/mol. The number of carboxylic acid groups (broad SMARTS) is 2. The average Bonchev–Trinajstić information content (AvgIpc) is 4.04. The van der Waals surface area contributed by atoms with Gasteiger partial charge in [0.25, 0.3) is 11.8 Å². The van der Waals surface area contributed by atoms with E-state index >= 15 is 0 Å². The van der Waals surface area contributed by atoms with Crippen LogP contribution in [0.5, 0.6) is 0 Å². The van der Waals surface area contributed by atoms with Crippen LogP contribution in [-0.2, 0) is 25.7 Å². The molecule has 4 atom stereocenters. The predicted molar refractivity (Wildman–Crippen MR) is 233 cm³/mol. The number of anilines is 2. The Morgan fingerprint density at radius 2 is 0.984 bits per heavy atom. The minimum atomic E-state index is -1.34. The predicted octanol–water partition coefficient (Wildman–Crippen LogP) is 7.25. The number of carbonyl (C=O) groups is 6. The highest BCUT2D eigenvalue weighted by Gasteiger charge is 2.40. The zero-order valence-electron chi connectivity index (χ0n) is 34.3. The highest BCUT2D eigenvalue weighted by Crippen LogP contribution is 2.36. The van der Waals surface area contributed by atoms with Crippen LogP contribution < -0.4 is 21.3 Å². The number of benzene rings is 4. The molecule has 322 valence electrons. The molecule has 62 heavy (non-hydrogen) atoms. The van der Waals surface area contributed by atoms with Crippen LogP contribution >= 0.6 is 0 Å². The number of nitrogens with zero attached hydrogens (tertiary/aromatic N) is 3. The first kappa shape index (κ1) is 41.8. The number of carbonyl (C=O) groups excluding carboxylic acids is 4. The van der Waals surface area contributed by atoms with Gasteiger partial charge in [-0.1, -0.05) is 92.1 Å². The van der Waals surface area contributed by atoms with Crippen molar-refractivity contribution in [1.29, 1.82) is 0 Å². The second-order valence-corrected chi connectivity index (χ2v) is 16.5. The smallest absolute Gasteiger partial charge is 0.405 e. The van der Waals surface area contributed by atoms with Crippen molar-refractivity contribution in [3.63, 3.8) is 0 Å². The number of hydrogen-bond donors (Lipinski definition) is 6. The largest absolute Gasteiger partial charge is 0.465 e. The summed E-state index contributed by atoms with van der Waals surface area (Å²) in [5, 5.41) is 31.8. The fourth-order valence-corrected chi connectivity index (χ4v) is 9.58. The Hall–Kier alpha value is -6.90. The summed E-state index contributed by atoms with van der Waals surface area (Å²) in [6, 6.07) is 24.8. The lowest BCUT2D eigenvalue weighted by molar-refractivity contribution is -0.138. The minimum absolute atomic E-state index is 0.320. The van der Waals surface area contributed by atoms with Crippen LogP contribution in [0.2, 0.25) is 0 Å². The number of amides is 6. The third-order valence-corrected chi connectivity index (χ3v) is 12.5. The molecule has 2 saturated heterocycles. The number of aromatic nitrogens is 1. The van der Waals surface area contributed by atoms with Crippen molar-refractivity contribution < 1.29 is 39.0 Å². The number of fused-ring (bicyclic) bond motifs is 3. The summed E-state index contributed by atoms with van der Waals surface area (Å²) in [6.07, 6.45) is 5.07. The summed E-state index contributed by atoms with van der Waals surface area (Å²) >= 11 is 0. The van der Waals surface area contributed by atoms with E-state index in [-0.39, 0.29) is 11.8 Å². The molecule has 0 bridgehead atoms. The SMILES string of the molecule is O=C(O)NC(C(=O)N1CCC[C@H]1C(=O)Nc1ccc2c3ccc(NC(=O)[C@@H]4CCCN4C(=O)C(NC(=O)O)c4ccccc4)cc3n(CC3CCCCC3)c2c1)c1ccccc1. The molecule has 8 rings (SSSR count). The van der Waals surface area contributed by atoms with Gasteiger partial charge in [0.15, 0.2) is 0 Å². The summed E-state index contributed by atoms with van der Waals surface area (Å²) in [4.78, 5) is 81.9. The van der Waals surface area contributed by atoms with E-state index in [0.717, 1.165) is 54.0 Å². The van der Waals surface area contributed by atoms with Gasteiger partial charge < -0.3 is 45.8 Å². The van der Waals surface area contributed by atoms with E-state index in [1.54, 1.807) is 60.7 Å². The summed E-state index contributed by atoms with van der Waals surface area (Å²) in [5.74, 6) is -1.25. The number of hydrogen-bond acceptors (Lipinski definition) is 6. The van der Waals surface area contributed by atoms with E-state index in [2.05, 4.69) is 25.8 Å². The van der Waals surface area contributed by atoms with Crippen molar-refractivity contribution in [3.8, 4) is 0 Å². The summed E-state index contributed by atoms with van der Waals surface area (Å²) in [6.45, 7) is 1.38. The molecule has 2 unspecified atom stereocenters. The molecule has 3 fully saturated rings. The monoisotopic (exact) mass is 841 g/mol. The van der Waals surface area contributed by atoms with Gasteiger partial charge in [-0.25, -0.2) is 9.59 Å². The molecule has 1 aromatic heterocycles. The molecule has 1 saturated carbocycles. The van der Waals surface area contributed by atoms with E-state index in [1.165, 1.54) is 16.2 Å². The minimum Gasteiger partial charge on any atom is -0.465 e. The maximum Gasteiger partial charge on any atom is 0.405 e. The van der Waals surface area contributed by atoms with Crippen LogP contribution in [0.25, 0.3) is 21.8 Å². The topological polar surface area (TPSA) is 202 Å². The Bertz CT molecular complexity index is 2330. The summed E-state index contributed by atoms with van der Waals surface area (Å²) in [5.41, 5.74) is 3.91. The Balaban J connectivity index is 1.05. The van der Waals surface area contributed by atoms with Gasteiger partial charge >= 0.3 is 12.2 Å². The van der Waals surface area contributed by atoms with Gasteiger partial charge in [0.05, 0.1) is 11.0 Å². The molecule has 3 aliphatic rings. The molecule has 6 amide bonds. The van der Waals surface area contributed by atoms with Gasteiger partial charge in [0.1, 0.15) is 24.2 Å². The lowest BCUT2D eigenvalue weighted by Crippen LogP contribution is -2.48. The molecule has 3 heterocycles. The van der Waals surface area contributed by atoms with Crippen LogP contribution in [-0.4, -0.2) is 85.6 Å². The first-order valence-corrected chi connectivity index (χ1v) is 21.4. The molecule has 15 nitrogen and oxygen atoms in total. The molecule has 15 heteroatoms.